The predicted molar refractivity (Wildman–Crippen MR) is 53.3 cm³/mol. The van der Waals surface area contributed by atoms with Crippen LogP contribution in [0.2, 0.25) is 0 Å². The number of unbranched alkanes of at least 4 members (excludes halogenated alkanes) is 3. The Morgan fingerprint density at radius 1 is 1.25 bits per heavy atom. The van der Waals surface area contributed by atoms with E-state index in [0.717, 1.165) is 12.8 Å². The van der Waals surface area contributed by atoms with Gasteiger partial charge in [0.15, 0.2) is 0 Å². The zero-order chi connectivity index (χ0) is 9.40. The molecule has 0 aromatic rings. The fourth-order valence-corrected chi connectivity index (χ4v) is 1.90. The Balaban J connectivity index is 3.38. The van der Waals surface area contributed by atoms with Crippen LogP contribution in [0.15, 0.2) is 0 Å². The standard InChI is InChI=1S/C10H19OSe/c1-3-5-6-7-8-9(4-2)10(11)12/h9H,3-8H2,1-2H3. The van der Waals surface area contributed by atoms with Crippen molar-refractivity contribution in [1.29, 1.82) is 0 Å². The van der Waals surface area contributed by atoms with Gasteiger partial charge >= 0.3 is 83.8 Å². The molecule has 0 aliphatic heterocycles. The van der Waals surface area contributed by atoms with Crippen LogP contribution in [0.1, 0.15) is 52.4 Å². The molecule has 0 heterocycles. The van der Waals surface area contributed by atoms with E-state index in [4.69, 9.17) is 0 Å². The summed E-state index contributed by atoms with van der Waals surface area (Å²) in [5.41, 5.74) is 0. The summed E-state index contributed by atoms with van der Waals surface area (Å²) in [5.74, 6) is 0.279. The predicted octanol–water partition coefficient (Wildman–Crippen LogP) is 2.68. The fraction of sp³-hybridized carbons (Fsp3) is 0.900. The Bertz CT molecular complexity index is 123. The Kier molecular flexibility index (Phi) is 7.94. The van der Waals surface area contributed by atoms with Gasteiger partial charge in [0.1, 0.15) is 0 Å². The van der Waals surface area contributed by atoms with Crippen LogP contribution in [0.25, 0.3) is 0 Å². The van der Waals surface area contributed by atoms with E-state index < -0.39 is 0 Å². The molecule has 0 aromatic carbocycles. The third kappa shape index (κ3) is 5.79. The first-order valence-electron chi connectivity index (χ1n) is 4.93. The van der Waals surface area contributed by atoms with Crippen LogP contribution in [-0.2, 0) is 4.79 Å². The summed E-state index contributed by atoms with van der Waals surface area (Å²) in [6, 6.07) is 0. The molecule has 1 nitrogen and oxygen atoms in total. The number of hydrogen-bond donors (Lipinski definition) is 0. The van der Waals surface area contributed by atoms with Crippen molar-refractivity contribution < 1.29 is 4.79 Å². The SMILES string of the molecule is CCCCCCC(CC)C(=O)[Se]. The molecule has 0 amide bonds. The van der Waals surface area contributed by atoms with Crippen LogP contribution < -0.4 is 0 Å². The topological polar surface area (TPSA) is 17.1 Å². The summed E-state index contributed by atoms with van der Waals surface area (Å²) in [4.78, 5) is 11.0. The molecule has 0 aliphatic rings. The van der Waals surface area contributed by atoms with Gasteiger partial charge in [0.05, 0.1) is 0 Å². The fourth-order valence-electron chi connectivity index (χ4n) is 1.31. The summed E-state index contributed by atoms with van der Waals surface area (Å²) < 4.78 is 0.244. The van der Waals surface area contributed by atoms with Gasteiger partial charge in [-0.2, -0.15) is 0 Å². The van der Waals surface area contributed by atoms with Crippen LogP contribution in [0.4, 0.5) is 0 Å². The average molecular weight is 234 g/mol. The molecule has 0 spiro atoms. The Morgan fingerprint density at radius 2 is 1.92 bits per heavy atom. The van der Waals surface area contributed by atoms with Crippen LogP contribution in [0.5, 0.6) is 0 Å². The van der Waals surface area contributed by atoms with E-state index in [1.807, 2.05) is 0 Å². The van der Waals surface area contributed by atoms with Gasteiger partial charge in [0.2, 0.25) is 0 Å². The van der Waals surface area contributed by atoms with Gasteiger partial charge in [0, 0.05) is 0 Å². The normalized spacial score (nSPS) is 12.8. The number of carbonyl (C=O) groups excluding carboxylic acids is 1. The second-order valence-corrected chi connectivity index (χ2v) is 4.12. The zero-order valence-electron chi connectivity index (χ0n) is 8.14. The van der Waals surface area contributed by atoms with Crippen molar-refractivity contribution in [3.05, 3.63) is 0 Å². The van der Waals surface area contributed by atoms with E-state index in [1.54, 1.807) is 0 Å². The molecule has 0 aliphatic carbocycles. The van der Waals surface area contributed by atoms with Crippen LogP contribution in [-0.4, -0.2) is 20.7 Å². The minimum absolute atomic E-state index is 0.244. The van der Waals surface area contributed by atoms with Crippen molar-refractivity contribution in [2.75, 3.05) is 0 Å². The molecule has 0 fully saturated rings. The van der Waals surface area contributed by atoms with Gasteiger partial charge in [-0.25, -0.2) is 0 Å². The molecule has 2 heteroatoms. The summed E-state index contributed by atoms with van der Waals surface area (Å²) >= 11 is 2.59. The van der Waals surface area contributed by atoms with Gasteiger partial charge in [0.25, 0.3) is 0 Å². The maximum absolute atomic E-state index is 11.0. The molecule has 0 N–H and O–H groups in total. The molecule has 0 bridgehead atoms. The zero-order valence-corrected chi connectivity index (χ0v) is 9.85. The van der Waals surface area contributed by atoms with Gasteiger partial charge in [-0.15, -0.1) is 0 Å². The molecule has 1 unspecified atom stereocenters. The third-order valence-electron chi connectivity index (χ3n) is 2.23. The number of carbonyl (C=O) groups is 1. The van der Waals surface area contributed by atoms with Crippen molar-refractivity contribution in [3.63, 3.8) is 0 Å². The molecule has 12 heavy (non-hydrogen) atoms. The van der Waals surface area contributed by atoms with E-state index in [-0.39, 0.29) is 10.6 Å². The van der Waals surface area contributed by atoms with Crippen molar-refractivity contribution in [2.45, 2.75) is 52.4 Å². The van der Waals surface area contributed by atoms with E-state index in [1.165, 1.54) is 25.7 Å². The monoisotopic (exact) mass is 235 g/mol. The van der Waals surface area contributed by atoms with Crippen LogP contribution in [0.3, 0.4) is 0 Å². The van der Waals surface area contributed by atoms with E-state index in [9.17, 15) is 4.79 Å². The molecular formula is C10H19OSe. The Morgan fingerprint density at radius 3 is 2.33 bits per heavy atom. The first-order valence-corrected chi connectivity index (χ1v) is 5.78. The Labute approximate surface area is 84.1 Å². The molecule has 0 saturated carbocycles. The molecule has 0 aromatic heterocycles. The average Bonchev–Trinajstić information content (AvgIpc) is 2.04. The van der Waals surface area contributed by atoms with Crippen molar-refractivity contribution in [1.82, 2.24) is 0 Å². The first-order chi connectivity index (χ1) is 5.72. The van der Waals surface area contributed by atoms with Crippen LogP contribution >= 0.6 is 0 Å². The van der Waals surface area contributed by atoms with Gasteiger partial charge in [-0.3, -0.25) is 0 Å². The molecule has 0 rings (SSSR count). The molecule has 71 valence electrons. The molecule has 1 radical (unpaired) electrons. The minimum atomic E-state index is 0.244. The van der Waals surface area contributed by atoms with E-state index >= 15 is 0 Å². The van der Waals surface area contributed by atoms with Crippen molar-refractivity contribution in [3.8, 4) is 0 Å². The van der Waals surface area contributed by atoms with Gasteiger partial charge < -0.3 is 0 Å². The van der Waals surface area contributed by atoms with Crippen molar-refractivity contribution in [2.24, 2.45) is 5.92 Å². The van der Waals surface area contributed by atoms with Gasteiger partial charge in [-0.1, -0.05) is 0 Å². The van der Waals surface area contributed by atoms with E-state index in [0.29, 0.717) is 0 Å². The summed E-state index contributed by atoms with van der Waals surface area (Å²) in [6.45, 7) is 4.29. The van der Waals surface area contributed by atoms with Crippen molar-refractivity contribution >= 4 is 20.7 Å². The second kappa shape index (κ2) is 7.82. The first kappa shape index (κ1) is 12.2. The summed E-state index contributed by atoms with van der Waals surface area (Å²) in [7, 11) is 0. The number of hydrogen-bond acceptors (Lipinski definition) is 1. The maximum atomic E-state index is 11.0. The van der Waals surface area contributed by atoms with Crippen LogP contribution in [0, 0.1) is 5.92 Å². The second-order valence-electron chi connectivity index (χ2n) is 3.27. The Hall–Kier alpha value is 0.189. The molecule has 1 atom stereocenters. The third-order valence-corrected chi connectivity index (χ3v) is 2.93. The van der Waals surface area contributed by atoms with Gasteiger partial charge in [-0.05, 0) is 0 Å². The van der Waals surface area contributed by atoms with E-state index in [2.05, 4.69) is 29.9 Å². The number of rotatable bonds is 7. The summed E-state index contributed by atoms with van der Waals surface area (Å²) in [6.07, 6.45) is 7.11. The quantitative estimate of drug-likeness (QED) is 0.489. The molecular weight excluding hydrogens is 215 g/mol. The summed E-state index contributed by atoms with van der Waals surface area (Å²) in [5, 5.41) is 0. The molecule has 0 saturated heterocycles.